The van der Waals surface area contributed by atoms with Crippen molar-refractivity contribution in [3.05, 3.63) is 0 Å². The number of nitrogens with two attached hydrogens (primary N) is 2. The molecule has 4 saturated heterocycles. The van der Waals surface area contributed by atoms with Gasteiger partial charge in [-0.3, -0.25) is 86.3 Å². The molecule has 13 amide bonds. The van der Waals surface area contributed by atoms with Gasteiger partial charge in [0.05, 0.1) is 19.8 Å². The number of aliphatic hydroxyl groups is 7. The first-order chi connectivity index (χ1) is 64.0. The molecule has 4 rings (SSSR count). The van der Waals surface area contributed by atoms with Gasteiger partial charge in [-0.05, 0) is 61.3 Å². The normalized spacial score (nSPS) is 27.5. The topological polar surface area (TPSA) is 905 Å². The highest BCUT2D eigenvalue weighted by molar-refractivity contribution is 7.99. The van der Waals surface area contributed by atoms with Crippen molar-refractivity contribution in [1.82, 2.24) is 69.1 Å². The summed E-state index contributed by atoms with van der Waals surface area (Å²) in [6.07, 6.45) is -39.8. The second-order valence-corrected chi connectivity index (χ2v) is 34.3. The fourth-order valence-corrected chi connectivity index (χ4v) is 15.5. The predicted molar refractivity (Wildman–Crippen MR) is 457 cm³/mol. The highest BCUT2D eigenvalue weighted by atomic mass is 32.2. The second kappa shape index (κ2) is 56.4. The number of aliphatic hydroxyl groups excluding tert-OH is 7. The number of carbonyl (C=O) groups excluding carboxylic acids is 14. The minimum atomic E-state index is -2.34. The molecule has 0 aliphatic carbocycles. The summed E-state index contributed by atoms with van der Waals surface area (Å²) in [5.41, 5.74) is 11.1. The zero-order chi connectivity index (χ0) is 104. The summed E-state index contributed by atoms with van der Waals surface area (Å²) in [5.74, 6) is -25.5. The van der Waals surface area contributed by atoms with E-state index in [0.29, 0.717) is 0 Å². The molecule has 0 radical (unpaired) electrons. The van der Waals surface area contributed by atoms with Crippen LogP contribution in [0, 0.1) is 0 Å². The predicted octanol–water partition coefficient (Wildman–Crippen LogP) is -14.1. The molecule has 137 heavy (non-hydrogen) atoms. The highest BCUT2D eigenvalue weighted by Crippen LogP contribution is 2.37. The Kier molecular flexibility index (Phi) is 48.9. The Balaban J connectivity index is 1.74. The van der Waals surface area contributed by atoms with E-state index in [-0.39, 0.29) is 17.3 Å². The van der Waals surface area contributed by atoms with Crippen molar-refractivity contribution in [3.8, 4) is 0 Å². The maximum atomic E-state index is 14.6. The van der Waals surface area contributed by atoms with E-state index in [1.165, 1.54) is 6.92 Å². The molecule has 4 fully saturated rings. The van der Waals surface area contributed by atoms with Crippen LogP contribution in [0.3, 0.4) is 0 Å². The number of thioether (sulfide) groups is 2. The first kappa shape index (κ1) is 119. The van der Waals surface area contributed by atoms with Crippen molar-refractivity contribution >= 4 is 142 Å². The third-order valence-electron chi connectivity index (χ3n) is 20.9. The van der Waals surface area contributed by atoms with Crippen LogP contribution in [0.5, 0.6) is 0 Å². The summed E-state index contributed by atoms with van der Waals surface area (Å²) in [7, 11) is 0. The molecule has 0 aromatic rings. The molecule has 4 aliphatic rings. The van der Waals surface area contributed by atoms with Crippen molar-refractivity contribution in [2.75, 3.05) is 49.4 Å². The molecule has 4 heterocycles. The van der Waals surface area contributed by atoms with Crippen LogP contribution >= 0.6 is 23.5 Å². The van der Waals surface area contributed by atoms with Crippen molar-refractivity contribution in [1.29, 1.82) is 0 Å². The summed E-state index contributed by atoms with van der Waals surface area (Å²) < 4.78 is 61.6. The van der Waals surface area contributed by atoms with Crippen LogP contribution in [-0.2, 0) is 143 Å². The quantitative estimate of drug-likeness (QED) is 0.0251. The standard InChI is InChI=1S/C77H123N15O43S2/c1-25(61(106)83-28(4)68(113)114)82-66(111)41(23-136-21-37(78)70(117)118)89-47(101)15-13-39(72(121)122)92-63(108)27(3)81-65(110)31(7)128-60-52(88-35(11)99)77(132-46(20-126-36(12)100)58(60)135-75-49(85-32(8)96)54(104)53(103)43(17-93)130-75)133-56-44(18-94)131-76(50(55(56)105)86-33(9)97)134-57-45(19-95)129-74(125)51(87-34(10)98)59(57)127-30(6)64(109)80-26(2)62(107)91-40(73(123)124)14-16-48(102)90-42(24-137-22-38(79)71(119)120)67(112)84-29(5)69(115)116/h25-31,37-46,49-60,74-77,93-95,103-105,125H,13-24,78-79H2,1-12H3,(H,80,109)(H,81,110)(H,82,111)(H,83,106)(H,84,112)(H,85,96)(H,86,97)(H,87,98)(H,88,99)(H,89,101)(H,90,102)(H,91,107)(H,92,108)(H,113,114)(H,115,116)(H,117,118)(H,119,120)(H,121,122)(H,123,124). The van der Waals surface area contributed by atoms with Gasteiger partial charge in [0.15, 0.2) is 25.2 Å². The molecule has 0 bridgehead atoms. The van der Waals surface area contributed by atoms with Crippen molar-refractivity contribution in [3.63, 3.8) is 0 Å². The van der Waals surface area contributed by atoms with E-state index in [4.69, 9.17) is 58.8 Å². The SMILES string of the molecule is CC(=O)NC1C(OC2C(COC(C)=O)OC(OC3C(CO)OC(OC4C(CO)OC(O)C(NC(C)=O)C4OC(C)C(=O)NC(C)C(=O)NC(CCC(=O)NC(CSCC(N)C(=O)O)C(=O)NC(C)C(=O)O)C(=O)O)C(NC(C)=O)C3O)C(NC(C)=O)C2OC(C)C(=O)NC(C)C(=O)NC(CCC(=O)NC(CSCC(N)C(=O)O)C(=O)NC(C)C(=O)NC(C)C(=O)O)C(=O)O)OC(CO)C(O)C1O. The van der Waals surface area contributed by atoms with Crippen molar-refractivity contribution in [2.24, 2.45) is 11.5 Å². The molecular formula is C77H123N15O43S2. The summed E-state index contributed by atoms with van der Waals surface area (Å²) in [6, 6.07) is -25.4. The van der Waals surface area contributed by atoms with E-state index in [1.54, 1.807) is 0 Å². The van der Waals surface area contributed by atoms with Gasteiger partial charge in [0.25, 0.3) is 0 Å². The molecule has 58 nitrogen and oxygen atoms in total. The molecule has 0 aromatic carbocycles. The van der Waals surface area contributed by atoms with Crippen LogP contribution in [0.25, 0.3) is 0 Å². The third kappa shape index (κ3) is 37.2. The van der Waals surface area contributed by atoms with Crippen molar-refractivity contribution < 1.29 is 210 Å². The number of carboxylic acids is 6. The van der Waals surface area contributed by atoms with Crippen LogP contribution in [-0.4, -0.2) is 436 Å². The number of hydrogen-bond donors (Lipinski definition) is 28. The fourth-order valence-electron chi connectivity index (χ4n) is 13.5. The number of carbonyl (C=O) groups is 20. The minimum Gasteiger partial charge on any atom is -0.480 e. The lowest BCUT2D eigenvalue weighted by Crippen LogP contribution is -2.72. The van der Waals surface area contributed by atoms with E-state index in [2.05, 4.69) is 69.1 Å². The van der Waals surface area contributed by atoms with Gasteiger partial charge >= 0.3 is 41.8 Å². The molecule has 33 unspecified atom stereocenters. The van der Waals surface area contributed by atoms with Gasteiger partial charge in [-0.1, -0.05) is 0 Å². The van der Waals surface area contributed by atoms with E-state index >= 15 is 0 Å². The molecule has 4 aliphatic heterocycles. The van der Waals surface area contributed by atoms with Gasteiger partial charge in [0, 0.05) is 70.5 Å². The number of hydrogen-bond acceptors (Lipinski definition) is 41. The summed E-state index contributed by atoms with van der Waals surface area (Å²) in [6.45, 7) is 7.74. The smallest absolute Gasteiger partial charge is 0.326 e. The Bertz CT molecular complexity index is 4210. The Morgan fingerprint density at radius 1 is 0.336 bits per heavy atom. The van der Waals surface area contributed by atoms with E-state index in [9.17, 15) is 162 Å². The van der Waals surface area contributed by atoms with Gasteiger partial charge < -0.3 is 194 Å². The van der Waals surface area contributed by atoms with Crippen LogP contribution in [0.1, 0.15) is 109 Å². The monoisotopic (exact) mass is 2010 g/mol. The van der Waals surface area contributed by atoms with Gasteiger partial charge in [-0.25, -0.2) is 9.59 Å². The second-order valence-electron chi connectivity index (χ2n) is 32.1. The number of esters is 1. The largest absolute Gasteiger partial charge is 0.480 e. The molecule has 30 N–H and O–H groups in total. The van der Waals surface area contributed by atoms with Gasteiger partial charge in [-0.2, -0.15) is 23.5 Å². The molecule has 33 atom stereocenters. The first-order valence-corrected chi connectivity index (χ1v) is 44.7. The van der Waals surface area contributed by atoms with Gasteiger partial charge in [0.1, 0.15) is 183 Å². The number of nitrogens with one attached hydrogen (secondary N) is 13. The summed E-state index contributed by atoms with van der Waals surface area (Å²) >= 11 is 1.56. The zero-order valence-electron chi connectivity index (χ0n) is 76.1. The first-order valence-electron chi connectivity index (χ1n) is 42.4. The Morgan fingerprint density at radius 2 is 0.664 bits per heavy atom. The van der Waals surface area contributed by atoms with Gasteiger partial charge in [-0.15, -0.1) is 0 Å². The summed E-state index contributed by atoms with van der Waals surface area (Å²) in [5, 5.41) is 166. The molecule has 60 heteroatoms. The number of amides is 13. The molecular weight excluding hydrogens is 1890 g/mol. The lowest BCUT2D eigenvalue weighted by molar-refractivity contribution is -0.366. The maximum absolute atomic E-state index is 14.6. The molecule has 0 saturated carbocycles. The highest BCUT2D eigenvalue weighted by Gasteiger charge is 2.59. The van der Waals surface area contributed by atoms with Crippen LogP contribution < -0.4 is 80.6 Å². The molecule has 0 spiro atoms. The summed E-state index contributed by atoms with van der Waals surface area (Å²) in [4.78, 5) is 259. The number of aliphatic carboxylic acids is 6. The number of ether oxygens (including phenoxy) is 10. The minimum absolute atomic E-state index is 0.269. The average Bonchev–Trinajstić information content (AvgIpc) is 0.760. The number of rotatable bonds is 55. The Morgan fingerprint density at radius 3 is 1.05 bits per heavy atom. The lowest BCUT2D eigenvalue weighted by Gasteiger charge is -2.52. The van der Waals surface area contributed by atoms with Crippen LogP contribution in [0.4, 0.5) is 0 Å². The molecule has 0 aromatic heterocycles. The fraction of sp³-hybridized carbons (Fsp3) is 0.740. The Labute approximate surface area is 788 Å². The van der Waals surface area contributed by atoms with E-state index in [0.717, 1.165) is 99.7 Å². The van der Waals surface area contributed by atoms with E-state index < -0.39 is 378 Å². The zero-order valence-corrected chi connectivity index (χ0v) is 77.7. The third-order valence-corrected chi connectivity index (χ3v) is 23.2. The van der Waals surface area contributed by atoms with Crippen molar-refractivity contribution in [2.45, 2.75) is 310 Å². The van der Waals surface area contributed by atoms with Crippen LogP contribution in [0.2, 0.25) is 0 Å². The van der Waals surface area contributed by atoms with Gasteiger partial charge in [0.2, 0.25) is 76.8 Å². The Hall–Kier alpha value is -10.6. The molecule has 776 valence electrons. The van der Waals surface area contributed by atoms with E-state index in [1.807, 2.05) is 0 Å². The number of carboxylic acid groups (broad SMARTS) is 6. The average molecular weight is 2010 g/mol. The maximum Gasteiger partial charge on any atom is 0.326 e. The van der Waals surface area contributed by atoms with Crippen LogP contribution in [0.15, 0.2) is 0 Å². The lowest BCUT2D eigenvalue weighted by atomic mass is 9.92.